The Morgan fingerprint density at radius 1 is 1.19 bits per heavy atom. The molecule has 1 saturated heterocycles. The third kappa shape index (κ3) is 2.38. The van der Waals surface area contributed by atoms with Gasteiger partial charge in [0.25, 0.3) is 0 Å². The van der Waals surface area contributed by atoms with Gasteiger partial charge in [-0.15, -0.1) is 0 Å². The van der Waals surface area contributed by atoms with Crippen molar-refractivity contribution < 1.29 is 5.11 Å². The monoisotopic (exact) mass is 219 g/mol. The molecule has 1 N–H and O–H groups in total. The number of rotatable bonds is 3. The summed E-state index contributed by atoms with van der Waals surface area (Å²) < 4.78 is 0. The standard InChI is InChI=1S/C14H21NO/c1-2-13(15-10-6-3-7-11-15)12-8-4-5-9-14(12)16/h4-5,8-9,13,16H,2-3,6-7,10-11H2,1H3. The minimum absolute atomic E-state index is 0.390. The molecule has 0 saturated carbocycles. The van der Waals surface area contributed by atoms with Crippen LogP contribution >= 0.6 is 0 Å². The lowest BCUT2D eigenvalue weighted by Crippen LogP contribution is -2.33. The highest BCUT2D eigenvalue weighted by Crippen LogP contribution is 2.32. The number of hydrogen-bond donors (Lipinski definition) is 1. The molecule has 0 spiro atoms. The maximum Gasteiger partial charge on any atom is 0.120 e. The van der Waals surface area contributed by atoms with Crippen molar-refractivity contribution in [3.05, 3.63) is 29.8 Å². The summed E-state index contributed by atoms with van der Waals surface area (Å²) in [6.07, 6.45) is 5.01. The molecule has 88 valence electrons. The second-order valence-electron chi connectivity index (χ2n) is 4.58. The van der Waals surface area contributed by atoms with Crippen LogP contribution in [0.5, 0.6) is 5.75 Å². The average molecular weight is 219 g/mol. The summed E-state index contributed by atoms with van der Waals surface area (Å²) in [6, 6.07) is 8.14. The van der Waals surface area contributed by atoms with Crippen LogP contribution in [0.15, 0.2) is 24.3 Å². The number of aromatic hydroxyl groups is 1. The average Bonchev–Trinajstić information content (AvgIpc) is 2.34. The molecular weight excluding hydrogens is 198 g/mol. The van der Waals surface area contributed by atoms with Crippen LogP contribution in [0.1, 0.15) is 44.2 Å². The van der Waals surface area contributed by atoms with Gasteiger partial charge in [0.05, 0.1) is 0 Å². The lowest BCUT2D eigenvalue weighted by Gasteiger charge is -2.34. The molecular formula is C14H21NO. The molecule has 1 aromatic rings. The maximum atomic E-state index is 9.92. The minimum Gasteiger partial charge on any atom is -0.508 e. The van der Waals surface area contributed by atoms with Crippen LogP contribution in [0.3, 0.4) is 0 Å². The van der Waals surface area contributed by atoms with E-state index in [1.807, 2.05) is 12.1 Å². The van der Waals surface area contributed by atoms with E-state index in [9.17, 15) is 5.11 Å². The van der Waals surface area contributed by atoms with E-state index in [0.717, 1.165) is 12.0 Å². The van der Waals surface area contributed by atoms with Crippen molar-refractivity contribution in [1.82, 2.24) is 4.90 Å². The lowest BCUT2D eigenvalue weighted by molar-refractivity contribution is 0.157. The number of hydrogen-bond acceptors (Lipinski definition) is 2. The van der Waals surface area contributed by atoms with Crippen LogP contribution in [0.25, 0.3) is 0 Å². The Morgan fingerprint density at radius 2 is 1.88 bits per heavy atom. The van der Waals surface area contributed by atoms with Crippen molar-refractivity contribution in [2.24, 2.45) is 0 Å². The molecule has 16 heavy (non-hydrogen) atoms. The first-order valence-electron chi connectivity index (χ1n) is 6.35. The van der Waals surface area contributed by atoms with E-state index in [2.05, 4.69) is 17.9 Å². The highest BCUT2D eigenvalue weighted by atomic mass is 16.3. The van der Waals surface area contributed by atoms with Gasteiger partial charge in [-0.05, 0) is 38.4 Å². The van der Waals surface area contributed by atoms with E-state index in [-0.39, 0.29) is 0 Å². The van der Waals surface area contributed by atoms with Gasteiger partial charge in [0.2, 0.25) is 0 Å². The Morgan fingerprint density at radius 3 is 2.50 bits per heavy atom. The van der Waals surface area contributed by atoms with E-state index in [4.69, 9.17) is 0 Å². The van der Waals surface area contributed by atoms with Gasteiger partial charge in [-0.2, -0.15) is 0 Å². The Hall–Kier alpha value is -1.02. The van der Waals surface area contributed by atoms with Gasteiger partial charge in [0.1, 0.15) is 5.75 Å². The zero-order valence-corrected chi connectivity index (χ0v) is 10.0. The molecule has 1 heterocycles. The third-order valence-corrected chi connectivity index (χ3v) is 3.51. The fourth-order valence-corrected chi connectivity index (χ4v) is 2.67. The predicted molar refractivity (Wildman–Crippen MR) is 66.6 cm³/mol. The number of phenols is 1. The summed E-state index contributed by atoms with van der Waals surface area (Å²) in [6.45, 7) is 4.55. The summed E-state index contributed by atoms with van der Waals surface area (Å²) in [5, 5.41) is 9.92. The molecule has 0 aliphatic carbocycles. The zero-order chi connectivity index (χ0) is 11.4. The molecule has 2 nitrogen and oxygen atoms in total. The number of nitrogens with zero attached hydrogens (tertiary/aromatic N) is 1. The molecule has 0 aromatic heterocycles. The molecule has 0 amide bonds. The zero-order valence-electron chi connectivity index (χ0n) is 10.0. The fourth-order valence-electron chi connectivity index (χ4n) is 2.67. The largest absolute Gasteiger partial charge is 0.508 e. The normalized spacial score (nSPS) is 19.6. The molecule has 0 radical (unpaired) electrons. The van der Waals surface area contributed by atoms with E-state index < -0.39 is 0 Å². The molecule has 1 atom stereocenters. The van der Waals surface area contributed by atoms with Crippen LogP contribution in [-0.2, 0) is 0 Å². The van der Waals surface area contributed by atoms with Crippen molar-refractivity contribution in [3.63, 3.8) is 0 Å². The van der Waals surface area contributed by atoms with E-state index in [1.54, 1.807) is 6.07 Å². The van der Waals surface area contributed by atoms with Crippen LogP contribution in [0.2, 0.25) is 0 Å². The van der Waals surface area contributed by atoms with Crippen LogP contribution in [0, 0.1) is 0 Å². The van der Waals surface area contributed by atoms with E-state index in [1.165, 1.54) is 32.4 Å². The fraction of sp³-hybridized carbons (Fsp3) is 0.571. The molecule has 1 fully saturated rings. The predicted octanol–water partition coefficient (Wildman–Crippen LogP) is 3.33. The van der Waals surface area contributed by atoms with Gasteiger partial charge >= 0.3 is 0 Å². The number of phenolic OH excluding ortho intramolecular Hbond substituents is 1. The Labute approximate surface area is 97.9 Å². The summed E-state index contributed by atoms with van der Waals surface area (Å²) in [5.41, 5.74) is 1.09. The first-order valence-corrected chi connectivity index (χ1v) is 6.35. The van der Waals surface area contributed by atoms with Gasteiger partial charge in [-0.25, -0.2) is 0 Å². The molecule has 2 rings (SSSR count). The first-order chi connectivity index (χ1) is 7.83. The van der Waals surface area contributed by atoms with Crippen molar-refractivity contribution in [3.8, 4) is 5.75 Å². The topological polar surface area (TPSA) is 23.5 Å². The number of para-hydroxylation sites is 1. The van der Waals surface area contributed by atoms with Crippen LogP contribution in [0.4, 0.5) is 0 Å². The second kappa shape index (κ2) is 5.35. The number of benzene rings is 1. The first kappa shape index (κ1) is 11.5. The highest BCUT2D eigenvalue weighted by molar-refractivity contribution is 5.34. The summed E-state index contributed by atoms with van der Waals surface area (Å²) in [4.78, 5) is 2.51. The quantitative estimate of drug-likeness (QED) is 0.843. The maximum absolute atomic E-state index is 9.92. The van der Waals surface area contributed by atoms with Gasteiger partial charge in [-0.3, -0.25) is 4.90 Å². The highest BCUT2D eigenvalue weighted by Gasteiger charge is 2.22. The summed E-state index contributed by atoms with van der Waals surface area (Å²) in [5.74, 6) is 0.444. The van der Waals surface area contributed by atoms with Crippen LogP contribution in [-0.4, -0.2) is 23.1 Å². The number of likely N-dealkylation sites (tertiary alicyclic amines) is 1. The summed E-state index contributed by atoms with van der Waals surface area (Å²) >= 11 is 0. The molecule has 1 unspecified atom stereocenters. The lowest BCUT2D eigenvalue weighted by atomic mass is 9.99. The molecule has 2 heteroatoms. The Bertz CT molecular complexity index is 331. The molecule has 1 aliphatic heterocycles. The van der Waals surface area contributed by atoms with Crippen molar-refractivity contribution in [2.75, 3.05) is 13.1 Å². The van der Waals surface area contributed by atoms with E-state index >= 15 is 0 Å². The van der Waals surface area contributed by atoms with Gasteiger partial charge < -0.3 is 5.11 Å². The van der Waals surface area contributed by atoms with Gasteiger partial charge in [0, 0.05) is 11.6 Å². The number of piperidine rings is 1. The van der Waals surface area contributed by atoms with Crippen molar-refractivity contribution in [1.29, 1.82) is 0 Å². The second-order valence-corrected chi connectivity index (χ2v) is 4.58. The SMILES string of the molecule is CCC(c1ccccc1O)N1CCCCC1. The Kier molecular flexibility index (Phi) is 3.83. The van der Waals surface area contributed by atoms with Crippen LogP contribution < -0.4 is 0 Å². The molecule has 1 aliphatic rings. The van der Waals surface area contributed by atoms with Crippen molar-refractivity contribution in [2.45, 2.75) is 38.6 Å². The van der Waals surface area contributed by atoms with Gasteiger partial charge in [0.15, 0.2) is 0 Å². The summed E-state index contributed by atoms with van der Waals surface area (Å²) in [7, 11) is 0. The Balaban J connectivity index is 2.18. The minimum atomic E-state index is 0.390. The van der Waals surface area contributed by atoms with Gasteiger partial charge in [-0.1, -0.05) is 31.5 Å². The van der Waals surface area contributed by atoms with Crippen molar-refractivity contribution >= 4 is 0 Å². The smallest absolute Gasteiger partial charge is 0.120 e. The third-order valence-electron chi connectivity index (χ3n) is 3.51. The van der Waals surface area contributed by atoms with E-state index in [0.29, 0.717) is 11.8 Å². The molecule has 0 bridgehead atoms. The molecule has 1 aromatic carbocycles.